The van der Waals surface area contributed by atoms with Crippen molar-refractivity contribution in [1.82, 2.24) is 0 Å². The molecule has 0 amide bonds. The molecular weight excluding hydrogens is 244 g/mol. The summed E-state index contributed by atoms with van der Waals surface area (Å²) in [5.41, 5.74) is 6.19. The highest BCUT2D eigenvalue weighted by molar-refractivity contribution is 6.12. The Balaban J connectivity index is 2.65. The van der Waals surface area contributed by atoms with E-state index in [1.807, 2.05) is 32.0 Å². The van der Waals surface area contributed by atoms with Gasteiger partial charge in [-0.1, -0.05) is 50.2 Å². The van der Waals surface area contributed by atoms with Crippen LogP contribution in [0.15, 0.2) is 36.4 Å². The largest absolute Gasteiger partial charge is 0.289 e. The van der Waals surface area contributed by atoms with E-state index in [-0.39, 0.29) is 5.78 Å². The molecule has 0 atom stereocenters. The van der Waals surface area contributed by atoms with Crippen molar-refractivity contribution in [3.63, 3.8) is 0 Å². The zero-order chi connectivity index (χ0) is 14.7. The Hall–Kier alpha value is -1.89. The van der Waals surface area contributed by atoms with E-state index in [0.29, 0.717) is 0 Å². The SMILES string of the molecule is CCc1cccc(CC)c1C(=O)c1c(C)cccc1C. The minimum absolute atomic E-state index is 0.176. The van der Waals surface area contributed by atoms with Gasteiger partial charge in [0, 0.05) is 11.1 Å². The van der Waals surface area contributed by atoms with Crippen LogP contribution in [0.25, 0.3) is 0 Å². The first kappa shape index (κ1) is 14.5. The fourth-order valence-corrected chi connectivity index (χ4v) is 2.83. The van der Waals surface area contributed by atoms with E-state index < -0.39 is 0 Å². The second-order valence-corrected chi connectivity index (χ2v) is 5.25. The molecular formula is C19H22O. The van der Waals surface area contributed by atoms with Gasteiger partial charge in [0.25, 0.3) is 0 Å². The van der Waals surface area contributed by atoms with E-state index in [4.69, 9.17) is 0 Å². The van der Waals surface area contributed by atoms with Gasteiger partial charge in [-0.3, -0.25) is 4.79 Å². The molecule has 0 N–H and O–H groups in total. The second kappa shape index (κ2) is 6.04. The monoisotopic (exact) mass is 266 g/mol. The first-order valence-corrected chi connectivity index (χ1v) is 7.31. The molecule has 0 fully saturated rings. The Morgan fingerprint density at radius 2 is 1.25 bits per heavy atom. The van der Waals surface area contributed by atoms with Gasteiger partial charge in [0.2, 0.25) is 0 Å². The van der Waals surface area contributed by atoms with E-state index in [0.717, 1.165) is 46.2 Å². The maximum Gasteiger partial charge on any atom is 0.194 e. The smallest absolute Gasteiger partial charge is 0.194 e. The van der Waals surface area contributed by atoms with Crippen LogP contribution in [-0.2, 0) is 12.8 Å². The van der Waals surface area contributed by atoms with Crippen LogP contribution in [0.3, 0.4) is 0 Å². The molecule has 104 valence electrons. The predicted octanol–water partition coefficient (Wildman–Crippen LogP) is 4.66. The van der Waals surface area contributed by atoms with Gasteiger partial charge in [-0.05, 0) is 48.9 Å². The Morgan fingerprint density at radius 1 is 0.800 bits per heavy atom. The quantitative estimate of drug-likeness (QED) is 0.736. The van der Waals surface area contributed by atoms with E-state index in [1.54, 1.807) is 0 Å². The molecule has 2 aromatic rings. The summed E-state index contributed by atoms with van der Waals surface area (Å²) < 4.78 is 0. The third kappa shape index (κ3) is 2.53. The third-order valence-electron chi connectivity index (χ3n) is 3.93. The van der Waals surface area contributed by atoms with Gasteiger partial charge >= 0.3 is 0 Å². The first-order chi connectivity index (χ1) is 9.60. The molecule has 1 nitrogen and oxygen atoms in total. The predicted molar refractivity (Wildman–Crippen MR) is 84.5 cm³/mol. The third-order valence-corrected chi connectivity index (χ3v) is 3.93. The zero-order valence-corrected chi connectivity index (χ0v) is 12.8. The summed E-state index contributed by atoms with van der Waals surface area (Å²) in [7, 11) is 0. The average molecular weight is 266 g/mol. The zero-order valence-electron chi connectivity index (χ0n) is 12.8. The van der Waals surface area contributed by atoms with E-state index in [1.165, 1.54) is 0 Å². The van der Waals surface area contributed by atoms with Gasteiger partial charge in [-0.15, -0.1) is 0 Å². The molecule has 2 aromatic carbocycles. The molecule has 0 saturated heterocycles. The number of hydrogen-bond donors (Lipinski definition) is 0. The molecule has 0 heterocycles. The highest BCUT2D eigenvalue weighted by Gasteiger charge is 2.19. The van der Waals surface area contributed by atoms with Crippen LogP contribution in [-0.4, -0.2) is 5.78 Å². The molecule has 0 spiro atoms. The van der Waals surface area contributed by atoms with Crippen molar-refractivity contribution in [2.24, 2.45) is 0 Å². The number of ketones is 1. The summed E-state index contributed by atoms with van der Waals surface area (Å²) in [5.74, 6) is 0.176. The van der Waals surface area contributed by atoms with Crippen LogP contribution in [0.5, 0.6) is 0 Å². The highest BCUT2D eigenvalue weighted by Crippen LogP contribution is 2.24. The molecule has 0 saturated carbocycles. The van der Waals surface area contributed by atoms with Gasteiger partial charge in [0.15, 0.2) is 5.78 Å². The Bertz CT molecular complexity index is 596. The van der Waals surface area contributed by atoms with Gasteiger partial charge in [0.05, 0.1) is 0 Å². The Morgan fingerprint density at radius 3 is 1.70 bits per heavy atom. The van der Waals surface area contributed by atoms with Gasteiger partial charge in [-0.25, -0.2) is 0 Å². The van der Waals surface area contributed by atoms with Crippen LogP contribution in [0.1, 0.15) is 52.0 Å². The lowest BCUT2D eigenvalue weighted by atomic mass is 9.88. The number of hydrogen-bond acceptors (Lipinski definition) is 1. The van der Waals surface area contributed by atoms with Crippen LogP contribution >= 0.6 is 0 Å². The normalized spacial score (nSPS) is 10.6. The standard InChI is InChI=1S/C19H22O/c1-5-15-11-8-12-16(6-2)18(15)19(20)17-13(3)9-7-10-14(17)4/h7-12H,5-6H2,1-4H3. The lowest BCUT2D eigenvalue weighted by molar-refractivity contribution is 0.103. The lowest BCUT2D eigenvalue weighted by Crippen LogP contribution is -2.12. The van der Waals surface area contributed by atoms with Crippen molar-refractivity contribution in [2.75, 3.05) is 0 Å². The summed E-state index contributed by atoms with van der Waals surface area (Å²) >= 11 is 0. The van der Waals surface area contributed by atoms with Crippen molar-refractivity contribution in [3.05, 3.63) is 69.8 Å². The van der Waals surface area contributed by atoms with E-state index in [2.05, 4.69) is 32.0 Å². The summed E-state index contributed by atoms with van der Waals surface area (Å²) in [4.78, 5) is 13.0. The number of aryl methyl sites for hydroxylation is 4. The Labute approximate surface area is 121 Å². The number of benzene rings is 2. The molecule has 2 rings (SSSR count). The molecule has 0 radical (unpaired) electrons. The molecule has 1 heteroatoms. The second-order valence-electron chi connectivity index (χ2n) is 5.25. The van der Waals surface area contributed by atoms with E-state index >= 15 is 0 Å². The Kier molecular flexibility index (Phi) is 4.39. The average Bonchev–Trinajstić information content (AvgIpc) is 2.45. The molecule has 0 aliphatic carbocycles. The molecule has 0 aliphatic rings. The molecule has 0 aliphatic heterocycles. The van der Waals surface area contributed by atoms with E-state index in [9.17, 15) is 4.79 Å². The van der Waals surface area contributed by atoms with Crippen LogP contribution in [0, 0.1) is 13.8 Å². The summed E-state index contributed by atoms with van der Waals surface area (Å²) in [5, 5.41) is 0. The molecule has 0 aromatic heterocycles. The van der Waals surface area contributed by atoms with Crippen LogP contribution < -0.4 is 0 Å². The molecule has 20 heavy (non-hydrogen) atoms. The van der Waals surface area contributed by atoms with Crippen molar-refractivity contribution in [1.29, 1.82) is 0 Å². The van der Waals surface area contributed by atoms with Crippen molar-refractivity contribution < 1.29 is 4.79 Å². The molecule has 0 unspecified atom stereocenters. The summed E-state index contributed by atoms with van der Waals surface area (Å²) in [6.07, 6.45) is 1.78. The highest BCUT2D eigenvalue weighted by atomic mass is 16.1. The fraction of sp³-hybridized carbons (Fsp3) is 0.316. The number of carbonyl (C=O) groups excluding carboxylic acids is 1. The number of carbonyl (C=O) groups is 1. The van der Waals surface area contributed by atoms with Crippen LogP contribution in [0.2, 0.25) is 0 Å². The van der Waals surface area contributed by atoms with Gasteiger partial charge in [0.1, 0.15) is 0 Å². The maximum absolute atomic E-state index is 13.0. The first-order valence-electron chi connectivity index (χ1n) is 7.31. The summed E-state index contributed by atoms with van der Waals surface area (Å²) in [6.45, 7) is 8.24. The minimum atomic E-state index is 0.176. The van der Waals surface area contributed by atoms with Crippen molar-refractivity contribution >= 4 is 5.78 Å². The minimum Gasteiger partial charge on any atom is -0.289 e. The van der Waals surface area contributed by atoms with Gasteiger partial charge < -0.3 is 0 Å². The molecule has 0 bridgehead atoms. The maximum atomic E-state index is 13.0. The van der Waals surface area contributed by atoms with Crippen molar-refractivity contribution in [3.8, 4) is 0 Å². The number of rotatable bonds is 4. The lowest BCUT2D eigenvalue weighted by Gasteiger charge is -2.15. The fourth-order valence-electron chi connectivity index (χ4n) is 2.83. The van der Waals surface area contributed by atoms with Crippen LogP contribution in [0.4, 0.5) is 0 Å². The van der Waals surface area contributed by atoms with Crippen molar-refractivity contribution in [2.45, 2.75) is 40.5 Å². The van der Waals surface area contributed by atoms with Gasteiger partial charge in [-0.2, -0.15) is 0 Å². The topological polar surface area (TPSA) is 17.1 Å². The summed E-state index contributed by atoms with van der Waals surface area (Å²) in [6, 6.07) is 12.2.